The number of carbonyl (C=O) groups excluding carboxylic acids is 1. The van der Waals surface area contributed by atoms with Crippen LogP contribution in [0.2, 0.25) is 0 Å². The zero-order valence-corrected chi connectivity index (χ0v) is 10.7. The normalized spacial score (nSPS) is 23.5. The van der Waals surface area contributed by atoms with Gasteiger partial charge in [-0.25, -0.2) is 0 Å². The Morgan fingerprint density at radius 1 is 1.50 bits per heavy atom. The van der Waals surface area contributed by atoms with Gasteiger partial charge in [0.1, 0.15) is 0 Å². The highest BCUT2D eigenvalue weighted by Gasteiger charge is 2.27. The van der Waals surface area contributed by atoms with Gasteiger partial charge in [0.2, 0.25) is 0 Å². The first-order chi connectivity index (χ1) is 8.61. The van der Waals surface area contributed by atoms with Gasteiger partial charge in [0.05, 0.1) is 11.6 Å². The number of nitrogens with zero attached hydrogens (tertiary/aromatic N) is 2. The van der Waals surface area contributed by atoms with Crippen LogP contribution in [-0.2, 0) is 0 Å². The topological polar surface area (TPSA) is 56.1 Å². The number of carbonyl (C=O) groups is 1. The van der Waals surface area contributed by atoms with E-state index in [0.29, 0.717) is 23.7 Å². The van der Waals surface area contributed by atoms with Crippen molar-refractivity contribution in [2.75, 3.05) is 13.1 Å². The van der Waals surface area contributed by atoms with Crippen molar-refractivity contribution in [1.82, 2.24) is 10.2 Å². The fourth-order valence-corrected chi connectivity index (χ4v) is 2.19. The molecule has 2 rings (SSSR count). The summed E-state index contributed by atoms with van der Waals surface area (Å²) in [5, 5.41) is 12.2. The molecule has 0 aromatic heterocycles. The number of nitriles is 1. The Labute approximate surface area is 107 Å². The van der Waals surface area contributed by atoms with Gasteiger partial charge in [0.25, 0.3) is 5.91 Å². The van der Waals surface area contributed by atoms with Gasteiger partial charge in [-0.15, -0.1) is 0 Å². The number of amides is 1. The number of hydrogen-bond acceptors (Lipinski definition) is 3. The monoisotopic (exact) mass is 243 g/mol. The molecule has 4 heteroatoms. The summed E-state index contributed by atoms with van der Waals surface area (Å²) in [4.78, 5) is 14.3. The summed E-state index contributed by atoms with van der Waals surface area (Å²) in [6, 6.07) is 9.43. The Morgan fingerprint density at radius 2 is 2.28 bits per heavy atom. The SMILES string of the molecule is CC1CN(C(=O)c2cccc(C#N)c2)C(C)CN1. The van der Waals surface area contributed by atoms with Crippen molar-refractivity contribution >= 4 is 5.91 Å². The van der Waals surface area contributed by atoms with Crippen molar-refractivity contribution in [2.24, 2.45) is 0 Å². The number of benzene rings is 1. The standard InChI is InChI=1S/C14H17N3O/c1-10-9-17(11(2)8-16-10)14(18)13-5-3-4-12(6-13)7-15/h3-6,10-11,16H,8-9H2,1-2H3. The van der Waals surface area contributed by atoms with Crippen molar-refractivity contribution in [2.45, 2.75) is 25.9 Å². The van der Waals surface area contributed by atoms with E-state index in [0.717, 1.165) is 6.54 Å². The van der Waals surface area contributed by atoms with Gasteiger partial charge in [-0.1, -0.05) is 6.07 Å². The molecule has 1 aliphatic heterocycles. The molecule has 0 aliphatic carbocycles. The van der Waals surface area contributed by atoms with E-state index in [9.17, 15) is 4.79 Å². The third-order valence-corrected chi connectivity index (χ3v) is 3.26. The van der Waals surface area contributed by atoms with Crippen LogP contribution in [0.25, 0.3) is 0 Å². The maximum Gasteiger partial charge on any atom is 0.254 e. The number of piperazine rings is 1. The van der Waals surface area contributed by atoms with Crippen LogP contribution >= 0.6 is 0 Å². The van der Waals surface area contributed by atoms with E-state index in [2.05, 4.69) is 18.3 Å². The molecule has 1 heterocycles. The van der Waals surface area contributed by atoms with Crippen molar-refractivity contribution in [3.8, 4) is 6.07 Å². The fourth-order valence-electron chi connectivity index (χ4n) is 2.19. The highest BCUT2D eigenvalue weighted by molar-refractivity contribution is 5.94. The van der Waals surface area contributed by atoms with Gasteiger partial charge in [-0.2, -0.15) is 5.26 Å². The first kappa shape index (κ1) is 12.6. The minimum absolute atomic E-state index is 0.00736. The molecule has 1 aliphatic rings. The summed E-state index contributed by atoms with van der Waals surface area (Å²) in [5.41, 5.74) is 1.12. The molecule has 94 valence electrons. The van der Waals surface area contributed by atoms with Crippen LogP contribution in [0.4, 0.5) is 0 Å². The molecule has 0 saturated carbocycles. The molecule has 0 bridgehead atoms. The minimum Gasteiger partial charge on any atom is -0.333 e. The lowest BCUT2D eigenvalue weighted by molar-refractivity contribution is 0.0616. The van der Waals surface area contributed by atoms with Crippen LogP contribution in [0.1, 0.15) is 29.8 Å². The van der Waals surface area contributed by atoms with Crippen molar-refractivity contribution < 1.29 is 4.79 Å². The summed E-state index contributed by atoms with van der Waals surface area (Å²) >= 11 is 0. The van der Waals surface area contributed by atoms with Crippen molar-refractivity contribution in [1.29, 1.82) is 5.26 Å². The highest BCUT2D eigenvalue weighted by Crippen LogP contribution is 2.13. The van der Waals surface area contributed by atoms with Gasteiger partial charge in [-0.3, -0.25) is 4.79 Å². The summed E-state index contributed by atoms with van der Waals surface area (Å²) in [7, 11) is 0. The number of hydrogen-bond donors (Lipinski definition) is 1. The van der Waals surface area contributed by atoms with E-state index in [4.69, 9.17) is 5.26 Å². The Bertz CT molecular complexity index is 492. The second kappa shape index (κ2) is 5.19. The van der Waals surface area contributed by atoms with Crippen molar-refractivity contribution in [3.63, 3.8) is 0 Å². The average Bonchev–Trinajstić information content (AvgIpc) is 2.41. The van der Waals surface area contributed by atoms with Gasteiger partial charge in [0, 0.05) is 30.7 Å². The lowest BCUT2D eigenvalue weighted by atomic mass is 10.1. The van der Waals surface area contributed by atoms with Gasteiger partial charge in [0.15, 0.2) is 0 Å². The van der Waals surface area contributed by atoms with E-state index in [1.807, 2.05) is 11.8 Å². The molecule has 1 N–H and O–H groups in total. The van der Waals surface area contributed by atoms with Crippen LogP contribution in [0.15, 0.2) is 24.3 Å². The molecule has 0 spiro atoms. The zero-order chi connectivity index (χ0) is 13.1. The molecule has 1 saturated heterocycles. The Morgan fingerprint density at radius 3 is 3.00 bits per heavy atom. The molecule has 0 radical (unpaired) electrons. The first-order valence-corrected chi connectivity index (χ1v) is 6.16. The molecule has 2 atom stereocenters. The number of rotatable bonds is 1. The van der Waals surface area contributed by atoms with E-state index in [1.165, 1.54) is 0 Å². The lowest BCUT2D eigenvalue weighted by Crippen LogP contribution is -2.56. The molecular formula is C14H17N3O. The zero-order valence-electron chi connectivity index (χ0n) is 10.7. The summed E-state index contributed by atoms with van der Waals surface area (Å²) in [6.45, 7) is 5.62. The minimum atomic E-state index is 0.00736. The second-order valence-corrected chi connectivity index (χ2v) is 4.81. The quantitative estimate of drug-likeness (QED) is 0.810. The smallest absolute Gasteiger partial charge is 0.254 e. The average molecular weight is 243 g/mol. The largest absolute Gasteiger partial charge is 0.333 e. The van der Waals surface area contributed by atoms with Crippen LogP contribution < -0.4 is 5.32 Å². The van der Waals surface area contributed by atoms with E-state index < -0.39 is 0 Å². The summed E-state index contributed by atoms with van der Waals surface area (Å²) < 4.78 is 0. The van der Waals surface area contributed by atoms with E-state index in [1.54, 1.807) is 24.3 Å². The van der Waals surface area contributed by atoms with Crippen molar-refractivity contribution in [3.05, 3.63) is 35.4 Å². The van der Waals surface area contributed by atoms with Gasteiger partial charge >= 0.3 is 0 Å². The van der Waals surface area contributed by atoms with Gasteiger partial charge < -0.3 is 10.2 Å². The van der Waals surface area contributed by atoms with Gasteiger partial charge in [-0.05, 0) is 32.0 Å². The molecule has 1 aromatic carbocycles. The van der Waals surface area contributed by atoms with E-state index >= 15 is 0 Å². The predicted octanol–water partition coefficient (Wildman–Crippen LogP) is 1.38. The van der Waals surface area contributed by atoms with Crippen LogP contribution in [0, 0.1) is 11.3 Å². The van der Waals surface area contributed by atoms with Crippen LogP contribution in [-0.4, -0.2) is 36.0 Å². The Kier molecular flexibility index (Phi) is 3.63. The number of nitrogens with one attached hydrogen (secondary N) is 1. The lowest BCUT2D eigenvalue weighted by Gasteiger charge is -2.37. The molecule has 4 nitrogen and oxygen atoms in total. The third-order valence-electron chi connectivity index (χ3n) is 3.26. The predicted molar refractivity (Wildman–Crippen MR) is 69.1 cm³/mol. The Balaban J connectivity index is 2.22. The van der Waals surface area contributed by atoms with E-state index in [-0.39, 0.29) is 11.9 Å². The molecule has 2 unspecified atom stereocenters. The molecular weight excluding hydrogens is 226 g/mol. The fraction of sp³-hybridized carbons (Fsp3) is 0.429. The molecule has 18 heavy (non-hydrogen) atoms. The molecule has 1 fully saturated rings. The summed E-state index contributed by atoms with van der Waals surface area (Å²) in [6.07, 6.45) is 0. The third kappa shape index (κ3) is 2.52. The van der Waals surface area contributed by atoms with Crippen LogP contribution in [0.5, 0.6) is 0 Å². The maximum atomic E-state index is 12.4. The maximum absolute atomic E-state index is 12.4. The highest BCUT2D eigenvalue weighted by atomic mass is 16.2. The Hall–Kier alpha value is -1.86. The summed E-state index contributed by atoms with van der Waals surface area (Å²) in [5.74, 6) is 0.00736. The second-order valence-electron chi connectivity index (χ2n) is 4.81. The van der Waals surface area contributed by atoms with Crippen LogP contribution in [0.3, 0.4) is 0 Å². The first-order valence-electron chi connectivity index (χ1n) is 6.16. The molecule has 1 amide bonds. The molecule has 1 aromatic rings.